The molecule has 0 aromatic rings. The first kappa shape index (κ1) is 13.9. The maximum Gasteiger partial charge on any atom is 0.118 e. The zero-order chi connectivity index (χ0) is 12.7. The summed E-state index contributed by atoms with van der Waals surface area (Å²) < 4.78 is 14.0. The van der Waals surface area contributed by atoms with Crippen LogP contribution in [0.15, 0.2) is 0 Å². The summed E-state index contributed by atoms with van der Waals surface area (Å²) >= 11 is 0. The van der Waals surface area contributed by atoms with Crippen LogP contribution in [0.4, 0.5) is 4.39 Å². The lowest BCUT2D eigenvalue weighted by molar-refractivity contribution is 0.0227. The zero-order valence-corrected chi connectivity index (χ0v) is 11.5. The van der Waals surface area contributed by atoms with E-state index in [1.807, 2.05) is 0 Å². The topological polar surface area (TPSA) is 29.3 Å². The van der Waals surface area contributed by atoms with Crippen LogP contribution >= 0.6 is 0 Å². The molecule has 96 valence electrons. The van der Waals surface area contributed by atoms with Crippen molar-refractivity contribution in [2.75, 3.05) is 6.54 Å². The molecule has 2 N–H and O–H groups in total. The lowest BCUT2D eigenvalue weighted by atomic mass is 9.83. The van der Waals surface area contributed by atoms with Crippen molar-refractivity contribution < 1.29 is 4.39 Å². The number of hydrogen-bond acceptors (Lipinski definition) is 2. The van der Waals surface area contributed by atoms with Crippen LogP contribution in [-0.4, -0.2) is 35.2 Å². The molecule has 0 aliphatic carbocycles. The minimum Gasteiger partial charge on any atom is -0.329 e. The second kappa shape index (κ2) is 4.26. The van der Waals surface area contributed by atoms with Crippen LogP contribution in [0.1, 0.15) is 48.0 Å². The van der Waals surface area contributed by atoms with Gasteiger partial charge in [0.05, 0.1) is 6.04 Å². The summed E-state index contributed by atoms with van der Waals surface area (Å²) in [6.07, 6.45) is -0.170. The van der Waals surface area contributed by atoms with E-state index in [1.165, 1.54) is 0 Å². The first-order chi connectivity index (χ1) is 7.09. The molecule has 1 aliphatic rings. The van der Waals surface area contributed by atoms with Crippen molar-refractivity contribution in [1.82, 2.24) is 4.90 Å². The molecular weight excluding hydrogens is 203 g/mol. The molecule has 1 saturated heterocycles. The summed E-state index contributed by atoms with van der Waals surface area (Å²) in [5.41, 5.74) is 5.81. The molecule has 0 spiro atoms. The van der Waals surface area contributed by atoms with E-state index >= 15 is 0 Å². The third-order valence-corrected chi connectivity index (χ3v) is 3.57. The summed E-state index contributed by atoms with van der Waals surface area (Å²) in [6.45, 7) is 13.4. The lowest BCUT2D eigenvalue weighted by Crippen LogP contribution is -2.55. The van der Waals surface area contributed by atoms with E-state index in [0.29, 0.717) is 13.0 Å². The third-order valence-electron chi connectivity index (χ3n) is 3.57. The van der Waals surface area contributed by atoms with E-state index in [9.17, 15) is 4.39 Å². The summed E-state index contributed by atoms with van der Waals surface area (Å²) in [7, 11) is 0. The smallest absolute Gasteiger partial charge is 0.118 e. The van der Waals surface area contributed by atoms with Crippen molar-refractivity contribution in [3.63, 3.8) is 0 Å². The minimum absolute atomic E-state index is 0.0250. The predicted molar refractivity (Wildman–Crippen MR) is 67.2 cm³/mol. The van der Waals surface area contributed by atoms with Gasteiger partial charge in [-0.15, -0.1) is 0 Å². The van der Waals surface area contributed by atoms with Crippen LogP contribution in [0.5, 0.6) is 0 Å². The molecule has 0 saturated carbocycles. The summed E-state index contributed by atoms with van der Waals surface area (Å²) in [4.78, 5) is 2.29. The van der Waals surface area contributed by atoms with E-state index < -0.39 is 6.17 Å². The van der Waals surface area contributed by atoms with Gasteiger partial charge in [-0.2, -0.15) is 0 Å². The highest BCUT2D eigenvalue weighted by Gasteiger charge is 2.49. The predicted octanol–water partition coefficient (Wildman–Crippen LogP) is 2.57. The Kier molecular flexibility index (Phi) is 3.71. The quantitative estimate of drug-likeness (QED) is 0.750. The highest BCUT2D eigenvalue weighted by molar-refractivity contribution is 5.03. The molecule has 1 heterocycles. The van der Waals surface area contributed by atoms with Crippen LogP contribution in [0.2, 0.25) is 0 Å². The van der Waals surface area contributed by atoms with Crippen molar-refractivity contribution in [3.05, 3.63) is 0 Å². The van der Waals surface area contributed by atoms with Crippen molar-refractivity contribution in [2.24, 2.45) is 11.1 Å². The van der Waals surface area contributed by atoms with Crippen molar-refractivity contribution in [2.45, 2.75) is 71.8 Å². The molecule has 3 heteroatoms. The number of halogens is 1. The van der Waals surface area contributed by atoms with Gasteiger partial charge in [-0.05, 0) is 32.6 Å². The average Bonchev–Trinajstić information content (AvgIpc) is 2.40. The number of alkyl halides is 1. The standard InChI is InChI=1S/C13H27FN2/c1-12(2,3)11-7-9(14)10(8-15)16(11)13(4,5)6/h9-11H,7-8,15H2,1-6H3/t9-,10?,11+/m1/s1. The molecule has 0 radical (unpaired) electrons. The Morgan fingerprint density at radius 2 is 1.69 bits per heavy atom. The van der Waals surface area contributed by atoms with Gasteiger partial charge in [-0.3, -0.25) is 4.90 Å². The monoisotopic (exact) mass is 230 g/mol. The van der Waals surface area contributed by atoms with Crippen LogP contribution in [0, 0.1) is 5.41 Å². The summed E-state index contributed by atoms with van der Waals surface area (Å²) in [5.74, 6) is 0. The molecule has 1 unspecified atom stereocenters. The SMILES string of the molecule is CC(C)(C)[C@@H]1C[C@@H](F)C(CN)N1C(C)(C)C. The van der Waals surface area contributed by atoms with Gasteiger partial charge < -0.3 is 5.73 Å². The molecule has 0 amide bonds. The summed E-state index contributed by atoms with van der Waals surface area (Å²) in [5, 5.41) is 0. The van der Waals surface area contributed by atoms with Crippen LogP contribution in [0.3, 0.4) is 0 Å². The largest absolute Gasteiger partial charge is 0.329 e. The van der Waals surface area contributed by atoms with Gasteiger partial charge in [-0.25, -0.2) is 4.39 Å². The molecule has 16 heavy (non-hydrogen) atoms. The van der Waals surface area contributed by atoms with Crippen LogP contribution in [-0.2, 0) is 0 Å². The van der Waals surface area contributed by atoms with E-state index in [1.54, 1.807) is 0 Å². The lowest BCUT2D eigenvalue weighted by Gasteiger charge is -2.45. The third kappa shape index (κ3) is 2.57. The van der Waals surface area contributed by atoms with Crippen molar-refractivity contribution in [3.8, 4) is 0 Å². The Hall–Kier alpha value is -0.150. The molecule has 1 fully saturated rings. The van der Waals surface area contributed by atoms with Gasteiger partial charge in [0, 0.05) is 18.1 Å². The van der Waals surface area contributed by atoms with Crippen molar-refractivity contribution >= 4 is 0 Å². The Morgan fingerprint density at radius 3 is 2.00 bits per heavy atom. The van der Waals surface area contributed by atoms with E-state index in [-0.39, 0.29) is 23.0 Å². The molecule has 0 aromatic heterocycles. The number of nitrogens with two attached hydrogens (primary N) is 1. The van der Waals surface area contributed by atoms with Gasteiger partial charge in [0.2, 0.25) is 0 Å². The number of likely N-dealkylation sites (tertiary alicyclic amines) is 1. The molecule has 3 atom stereocenters. The highest BCUT2D eigenvalue weighted by Crippen LogP contribution is 2.41. The first-order valence-electron chi connectivity index (χ1n) is 6.21. The molecule has 1 rings (SSSR count). The average molecular weight is 230 g/mol. The summed E-state index contributed by atoms with van der Waals surface area (Å²) in [6, 6.07) is 0.153. The Morgan fingerprint density at radius 1 is 1.19 bits per heavy atom. The van der Waals surface area contributed by atoms with Gasteiger partial charge in [0.25, 0.3) is 0 Å². The van der Waals surface area contributed by atoms with Gasteiger partial charge in [-0.1, -0.05) is 20.8 Å². The number of hydrogen-bond donors (Lipinski definition) is 1. The fraction of sp³-hybridized carbons (Fsp3) is 1.00. The minimum atomic E-state index is -0.784. The van der Waals surface area contributed by atoms with Crippen LogP contribution < -0.4 is 5.73 Å². The Balaban J connectivity index is 3.03. The molecule has 0 aromatic carbocycles. The first-order valence-corrected chi connectivity index (χ1v) is 6.21. The van der Waals surface area contributed by atoms with Gasteiger partial charge in [0.1, 0.15) is 6.17 Å². The fourth-order valence-corrected chi connectivity index (χ4v) is 2.89. The van der Waals surface area contributed by atoms with E-state index in [0.717, 1.165) is 0 Å². The zero-order valence-electron chi connectivity index (χ0n) is 11.5. The molecule has 0 bridgehead atoms. The van der Waals surface area contributed by atoms with Gasteiger partial charge in [0.15, 0.2) is 0 Å². The Labute approximate surface area is 99.4 Å². The van der Waals surface area contributed by atoms with Crippen LogP contribution in [0.25, 0.3) is 0 Å². The Bertz CT molecular complexity index is 239. The number of nitrogens with zero attached hydrogens (tertiary/aromatic N) is 1. The van der Waals surface area contributed by atoms with E-state index in [4.69, 9.17) is 5.73 Å². The second-order valence-electron chi connectivity index (χ2n) is 7.01. The maximum absolute atomic E-state index is 14.0. The molecular formula is C13H27FN2. The van der Waals surface area contributed by atoms with E-state index in [2.05, 4.69) is 46.4 Å². The van der Waals surface area contributed by atoms with Gasteiger partial charge >= 0.3 is 0 Å². The van der Waals surface area contributed by atoms with Crippen molar-refractivity contribution in [1.29, 1.82) is 0 Å². The molecule has 1 aliphatic heterocycles. The highest BCUT2D eigenvalue weighted by atomic mass is 19.1. The normalized spacial score (nSPS) is 33.4. The maximum atomic E-state index is 14.0. The molecule has 2 nitrogen and oxygen atoms in total. The fourth-order valence-electron chi connectivity index (χ4n) is 2.89. The second-order valence-corrected chi connectivity index (χ2v) is 7.01. The number of rotatable bonds is 1.